The standard InChI is InChI=1S/C11H7NO2/c1-2-10(13-6-1)11-8-4-7-14-9(8)3-5-12-11/h1-7H. The van der Waals surface area contributed by atoms with E-state index in [-0.39, 0.29) is 0 Å². The lowest BCUT2D eigenvalue weighted by atomic mass is 10.2. The molecule has 3 nitrogen and oxygen atoms in total. The van der Waals surface area contributed by atoms with Gasteiger partial charge < -0.3 is 8.83 Å². The van der Waals surface area contributed by atoms with E-state index in [0.29, 0.717) is 0 Å². The highest BCUT2D eigenvalue weighted by atomic mass is 16.3. The van der Waals surface area contributed by atoms with E-state index in [1.54, 1.807) is 18.7 Å². The molecule has 0 aromatic carbocycles. The van der Waals surface area contributed by atoms with Crippen molar-refractivity contribution in [3.63, 3.8) is 0 Å². The number of hydrogen-bond acceptors (Lipinski definition) is 3. The summed E-state index contributed by atoms with van der Waals surface area (Å²) in [4.78, 5) is 4.27. The van der Waals surface area contributed by atoms with Crippen LogP contribution in [0.1, 0.15) is 0 Å². The quantitative estimate of drug-likeness (QED) is 0.584. The van der Waals surface area contributed by atoms with Crippen LogP contribution in [0.25, 0.3) is 22.4 Å². The summed E-state index contributed by atoms with van der Waals surface area (Å²) in [5.41, 5.74) is 1.65. The summed E-state index contributed by atoms with van der Waals surface area (Å²) in [5, 5.41) is 0.974. The predicted molar refractivity (Wildman–Crippen MR) is 51.7 cm³/mol. The lowest BCUT2D eigenvalue weighted by Gasteiger charge is -1.96. The topological polar surface area (TPSA) is 39.2 Å². The zero-order chi connectivity index (χ0) is 9.38. The fourth-order valence-corrected chi connectivity index (χ4v) is 1.50. The first kappa shape index (κ1) is 7.38. The van der Waals surface area contributed by atoms with Crippen molar-refractivity contribution in [2.45, 2.75) is 0 Å². The van der Waals surface area contributed by atoms with Crippen molar-refractivity contribution in [3.8, 4) is 11.5 Å². The summed E-state index contributed by atoms with van der Waals surface area (Å²) in [6.45, 7) is 0. The van der Waals surface area contributed by atoms with Gasteiger partial charge >= 0.3 is 0 Å². The Morgan fingerprint density at radius 2 is 2.00 bits per heavy atom. The van der Waals surface area contributed by atoms with Gasteiger partial charge in [-0.25, -0.2) is 0 Å². The number of rotatable bonds is 1. The Morgan fingerprint density at radius 1 is 1.00 bits per heavy atom. The fraction of sp³-hybridized carbons (Fsp3) is 0. The Kier molecular flexibility index (Phi) is 1.44. The third kappa shape index (κ3) is 0.956. The van der Waals surface area contributed by atoms with E-state index in [2.05, 4.69) is 4.98 Å². The third-order valence-electron chi connectivity index (χ3n) is 2.13. The summed E-state index contributed by atoms with van der Waals surface area (Å²) >= 11 is 0. The molecule has 0 amide bonds. The summed E-state index contributed by atoms with van der Waals surface area (Å²) in [6.07, 6.45) is 5.00. The van der Waals surface area contributed by atoms with Gasteiger partial charge in [-0.1, -0.05) is 0 Å². The van der Waals surface area contributed by atoms with Crippen LogP contribution in [-0.2, 0) is 0 Å². The molecule has 0 saturated carbocycles. The zero-order valence-electron chi connectivity index (χ0n) is 7.31. The number of hydrogen-bond donors (Lipinski definition) is 0. The molecule has 0 radical (unpaired) electrons. The minimum Gasteiger partial charge on any atom is -0.464 e. The van der Waals surface area contributed by atoms with Gasteiger partial charge in [0, 0.05) is 11.6 Å². The molecular weight excluding hydrogens is 178 g/mol. The van der Waals surface area contributed by atoms with Crippen molar-refractivity contribution in [2.24, 2.45) is 0 Å². The second-order valence-electron chi connectivity index (χ2n) is 2.97. The van der Waals surface area contributed by atoms with Crippen molar-refractivity contribution in [1.82, 2.24) is 4.98 Å². The zero-order valence-corrected chi connectivity index (χ0v) is 7.31. The van der Waals surface area contributed by atoms with Gasteiger partial charge in [0.1, 0.15) is 11.3 Å². The largest absolute Gasteiger partial charge is 0.464 e. The normalized spacial score (nSPS) is 10.9. The molecule has 0 N–H and O–H groups in total. The Morgan fingerprint density at radius 3 is 2.86 bits per heavy atom. The lowest BCUT2D eigenvalue weighted by molar-refractivity contribution is 0.580. The highest BCUT2D eigenvalue weighted by Crippen LogP contribution is 2.26. The van der Waals surface area contributed by atoms with Gasteiger partial charge in [-0.15, -0.1) is 0 Å². The SMILES string of the molecule is c1coc(-c2nccc3occc23)c1. The molecule has 3 heterocycles. The summed E-state index contributed by atoms with van der Waals surface area (Å²) < 4.78 is 10.6. The van der Waals surface area contributed by atoms with E-state index < -0.39 is 0 Å². The monoisotopic (exact) mass is 185 g/mol. The molecule has 14 heavy (non-hydrogen) atoms. The van der Waals surface area contributed by atoms with Crippen molar-refractivity contribution in [1.29, 1.82) is 0 Å². The second kappa shape index (κ2) is 2.73. The van der Waals surface area contributed by atoms with E-state index in [4.69, 9.17) is 8.83 Å². The maximum atomic E-state index is 5.29. The van der Waals surface area contributed by atoms with Crippen LogP contribution >= 0.6 is 0 Å². The minimum absolute atomic E-state index is 0.761. The van der Waals surface area contributed by atoms with Gasteiger partial charge in [0.15, 0.2) is 5.76 Å². The number of nitrogens with zero attached hydrogens (tertiary/aromatic N) is 1. The van der Waals surface area contributed by atoms with Crippen LogP contribution in [0.3, 0.4) is 0 Å². The van der Waals surface area contributed by atoms with E-state index in [0.717, 1.165) is 22.4 Å². The maximum Gasteiger partial charge on any atom is 0.152 e. The van der Waals surface area contributed by atoms with E-state index in [9.17, 15) is 0 Å². The number of fused-ring (bicyclic) bond motifs is 1. The van der Waals surface area contributed by atoms with Crippen LogP contribution in [0.15, 0.2) is 51.8 Å². The molecule has 0 saturated heterocycles. The Bertz CT molecular complexity index is 551. The van der Waals surface area contributed by atoms with Crippen LogP contribution in [0, 0.1) is 0 Å². The van der Waals surface area contributed by atoms with Crippen molar-refractivity contribution in [2.75, 3.05) is 0 Å². The number of pyridine rings is 1. The minimum atomic E-state index is 0.761. The molecule has 0 aliphatic carbocycles. The molecule has 0 spiro atoms. The van der Waals surface area contributed by atoms with Gasteiger partial charge in [0.05, 0.1) is 12.5 Å². The molecule has 0 aliphatic rings. The van der Waals surface area contributed by atoms with E-state index >= 15 is 0 Å². The molecule has 3 rings (SSSR count). The summed E-state index contributed by atoms with van der Waals surface area (Å²) in [5.74, 6) is 0.761. The molecular formula is C11H7NO2. The molecule has 0 fully saturated rings. The average Bonchev–Trinajstić information content (AvgIpc) is 2.88. The van der Waals surface area contributed by atoms with Gasteiger partial charge in [-0.05, 0) is 24.3 Å². The van der Waals surface area contributed by atoms with Crippen LogP contribution in [-0.4, -0.2) is 4.98 Å². The number of aromatic nitrogens is 1. The van der Waals surface area contributed by atoms with E-state index in [1.807, 2.05) is 24.3 Å². The first-order valence-corrected chi connectivity index (χ1v) is 4.31. The first-order valence-electron chi connectivity index (χ1n) is 4.31. The second-order valence-corrected chi connectivity index (χ2v) is 2.97. The van der Waals surface area contributed by atoms with Gasteiger partial charge in [0.25, 0.3) is 0 Å². The van der Waals surface area contributed by atoms with Gasteiger partial charge in [0.2, 0.25) is 0 Å². The van der Waals surface area contributed by atoms with Crippen LogP contribution in [0.2, 0.25) is 0 Å². The molecule has 3 heteroatoms. The number of furan rings is 2. The highest BCUT2D eigenvalue weighted by Gasteiger charge is 2.08. The predicted octanol–water partition coefficient (Wildman–Crippen LogP) is 3.09. The highest BCUT2D eigenvalue weighted by molar-refractivity contribution is 5.89. The summed E-state index contributed by atoms with van der Waals surface area (Å²) in [6, 6.07) is 7.45. The van der Waals surface area contributed by atoms with Crippen molar-refractivity contribution in [3.05, 3.63) is 43.0 Å². The maximum absolute atomic E-state index is 5.29. The molecule has 0 aliphatic heterocycles. The lowest BCUT2D eigenvalue weighted by Crippen LogP contribution is -1.80. The van der Waals surface area contributed by atoms with Gasteiger partial charge in [-0.3, -0.25) is 4.98 Å². The molecule has 0 bridgehead atoms. The summed E-state index contributed by atoms with van der Waals surface area (Å²) in [7, 11) is 0. The fourth-order valence-electron chi connectivity index (χ4n) is 1.50. The molecule has 0 atom stereocenters. The molecule has 3 aromatic rings. The smallest absolute Gasteiger partial charge is 0.152 e. The molecule has 3 aromatic heterocycles. The van der Waals surface area contributed by atoms with Gasteiger partial charge in [-0.2, -0.15) is 0 Å². The third-order valence-corrected chi connectivity index (χ3v) is 2.13. The van der Waals surface area contributed by atoms with Crippen molar-refractivity contribution >= 4 is 11.0 Å². The Balaban J connectivity index is 2.36. The van der Waals surface area contributed by atoms with Crippen LogP contribution in [0.5, 0.6) is 0 Å². The van der Waals surface area contributed by atoms with Crippen LogP contribution in [0.4, 0.5) is 0 Å². The average molecular weight is 185 g/mol. The molecule has 68 valence electrons. The Labute approximate surface area is 80.0 Å². The first-order chi connectivity index (χ1) is 6.95. The van der Waals surface area contributed by atoms with Crippen LogP contribution < -0.4 is 0 Å². The Hall–Kier alpha value is -2.03. The van der Waals surface area contributed by atoms with E-state index in [1.165, 1.54) is 0 Å². The van der Waals surface area contributed by atoms with Crippen molar-refractivity contribution < 1.29 is 8.83 Å². The molecule has 0 unspecified atom stereocenters.